The van der Waals surface area contributed by atoms with Crippen molar-refractivity contribution in [2.75, 3.05) is 0 Å². The largest absolute Gasteiger partial charge is 0.508 e. The molecule has 0 atom stereocenters. The zero-order valence-corrected chi connectivity index (χ0v) is 33.5. The van der Waals surface area contributed by atoms with Gasteiger partial charge in [0.2, 0.25) is 0 Å². The summed E-state index contributed by atoms with van der Waals surface area (Å²) in [4.78, 5) is 16.8. The average Bonchev–Trinajstić information content (AvgIpc) is 3.21. The minimum Gasteiger partial charge on any atom is -0.508 e. The molecule has 54 heavy (non-hydrogen) atoms. The first-order valence-corrected chi connectivity index (χ1v) is 16.3. The molecule has 8 aromatic rings. The molecular weight excluding hydrogens is 1030 g/mol. The van der Waals surface area contributed by atoms with Crippen LogP contribution in [0.2, 0.25) is 0 Å². The van der Waals surface area contributed by atoms with Crippen molar-refractivity contribution >= 4 is 0 Å². The summed E-state index contributed by atoms with van der Waals surface area (Å²) in [6.45, 7) is 0. The zero-order chi connectivity index (χ0) is 36.4. The quantitative estimate of drug-likeness (QED) is 0.137. The standard InChI is InChI=1S/4C11H9NO.2Ir/c4*13-10-6-4-9(5-7-10)11-3-1-2-8-12-11;;/h4*1-8,13H;;. The van der Waals surface area contributed by atoms with E-state index in [1.165, 1.54) is 0 Å². The summed E-state index contributed by atoms with van der Waals surface area (Å²) in [6, 6.07) is 51.0. The maximum atomic E-state index is 9.08. The van der Waals surface area contributed by atoms with Gasteiger partial charge in [0.05, 0.1) is 22.8 Å². The van der Waals surface area contributed by atoms with Gasteiger partial charge < -0.3 is 20.4 Å². The molecule has 0 aliphatic heterocycles. The van der Waals surface area contributed by atoms with Gasteiger partial charge in [-0.05, 0) is 146 Å². The van der Waals surface area contributed by atoms with E-state index < -0.39 is 0 Å². The van der Waals surface area contributed by atoms with Crippen molar-refractivity contribution in [1.29, 1.82) is 0 Å². The fraction of sp³-hybridized carbons (Fsp3) is 0. The third-order valence-corrected chi connectivity index (χ3v) is 7.31. The molecule has 0 unspecified atom stereocenters. The van der Waals surface area contributed by atoms with Crippen molar-refractivity contribution in [1.82, 2.24) is 19.9 Å². The molecule has 4 heterocycles. The monoisotopic (exact) mass is 1070 g/mol. The molecule has 8 nitrogen and oxygen atoms in total. The minimum absolute atomic E-state index is 0. The van der Waals surface area contributed by atoms with E-state index in [2.05, 4.69) is 19.9 Å². The van der Waals surface area contributed by atoms with Crippen molar-refractivity contribution < 1.29 is 60.6 Å². The number of aromatic hydroxyl groups is 4. The molecular formula is C44H36Ir2N4O4. The van der Waals surface area contributed by atoms with Crippen LogP contribution in [0.3, 0.4) is 0 Å². The fourth-order valence-corrected chi connectivity index (χ4v) is 4.66. The number of hydrogen-bond acceptors (Lipinski definition) is 8. The summed E-state index contributed by atoms with van der Waals surface area (Å²) in [5.41, 5.74) is 7.73. The van der Waals surface area contributed by atoms with E-state index in [-0.39, 0.29) is 63.2 Å². The topological polar surface area (TPSA) is 132 Å². The van der Waals surface area contributed by atoms with Crippen LogP contribution < -0.4 is 0 Å². The Morgan fingerprint density at radius 3 is 0.574 bits per heavy atom. The van der Waals surface area contributed by atoms with Crippen LogP contribution in [0.4, 0.5) is 0 Å². The summed E-state index contributed by atoms with van der Waals surface area (Å²) in [5.74, 6) is 1.11. The average molecular weight is 1070 g/mol. The Morgan fingerprint density at radius 2 is 0.426 bits per heavy atom. The Kier molecular flexibility index (Phi) is 17.9. The summed E-state index contributed by atoms with van der Waals surface area (Å²) in [7, 11) is 0. The van der Waals surface area contributed by atoms with Crippen LogP contribution in [0.15, 0.2) is 195 Å². The molecule has 0 aliphatic carbocycles. The number of rotatable bonds is 4. The number of benzene rings is 4. The van der Waals surface area contributed by atoms with Gasteiger partial charge in [0, 0.05) is 87.3 Å². The summed E-state index contributed by atoms with van der Waals surface area (Å²) in [5, 5.41) is 36.3. The second-order valence-electron chi connectivity index (χ2n) is 11.0. The van der Waals surface area contributed by atoms with Gasteiger partial charge in [-0.2, -0.15) is 0 Å². The van der Waals surface area contributed by atoms with Crippen LogP contribution in [-0.2, 0) is 40.2 Å². The van der Waals surface area contributed by atoms with Crippen molar-refractivity contribution in [2.24, 2.45) is 0 Å². The molecule has 0 bridgehead atoms. The van der Waals surface area contributed by atoms with Gasteiger partial charge in [0.15, 0.2) is 0 Å². The number of nitrogens with zero attached hydrogens (tertiary/aromatic N) is 4. The Morgan fingerprint density at radius 1 is 0.241 bits per heavy atom. The second kappa shape index (κ2) is 22.8. The van der Waals surface area contributed by atoms with Gasteiger partial charge in [0.1, 0.15) is 23.0 Å². The molecule has 0 saturated carbocycles. The van der Waals surface area contributed by atoms with E-state index in [1.807, 2.05) is 121 Å². The number of phenolic OH excluding ortho intramolecular Hbond substituents is 4. The predicted octanol–water partition coefficient (Wildman–Crippen LogP) is 9.81. The van der Waals surface area contributed by atoms with Crippen molar-refractivity contribution in [3.05, 3.63) is 195 Å². The zero-order valence-electron chi connectivity index (χ0n) is 28.7. The molecule has 0 spiro atoms. The molecule has 4 aromatic heterocycles. The number of phenols is 4. The van der Waals surface area contributed by atoms with Crippen LogP contribution in [0.25, 0.3) is 45.0 Å². The molecule has 4 aromatic carbocycles. The number of aromatic nitrogens is 4. The molecule has 0 saturated heterocycles. The van der Waals surface area contributed by atoms with Crippen molar-refractivity contribution in [2.45, 2.75) is 0 Å². The van der Waals surface area contributed by atoms with Crippen LogP contribution in [0, 0.1) is 0 Å². The first-order valence-electron chi connectivity index (χ1n) is 16.3. The Labute approximate surface area is 341 Å². The summed E-state index contributed by atoms with van der Waals surface area (Å²) >= 11 is 0. The van der Waals surface area contributed by atoms with Crippen LogP contribution >= 0.6 is 0 Å². The van der Waals surface area contributed by atoms with Crippen molar-refractivity contribution in [3.63, 3.8) is 0 Å². The Balaban J connectivity index is 0.000000191. The summed E-state index contributed by atoms with van der Waals surface area (Å²) < 4.78 is 0. The van der Waals surface area contributed by atoms with Gasteiger partial charge in [-0.1, -0.05) is 24.3 Å². The Hall–Kier alpha value is -6.02. The van der Waals surface area contributed by atoms with Gasteiger partial charge in [-0.25, -0.2) is 0 Å². The van der Waals surface area contributed by atoms with Gasteiger partial charge in [-0.3, -0.25) is 19.9 Å². The van der Waals surface area contributed by atoms with Gasteiger partial charge in [0.25, 0.3) is 0 Å². The van der Waals surface area contributed by atoms with Crippen LogP contribution in [0.1, 0.15) is 0 Å². The molecule has 274 valence electrons. The first kappa shape index (κ1) is 42.4. The van der Waals surface area contributed by atoms with Crippen molar-refractivity contribution in [3.8, 4) is 68.0 Å². The second-order valence-corrected chi connectivity index (χ2v) is 11.0. The van der Waals surface area contributed by atoms with E-state index >= 15 is 0 Å². The van der Waals surface area contributed by atoms with E-state index in [1.54, 1.807) is 73.3 Å². The van der Waals surface area contributed by atoms with E-state index in [9.17, 15) is 0 Å². The maximum Gasteiger partial charge on any atom is 0.115 e. The normalized spacial score (nSPS) is 9.48. The number of hydrogen-bond donors (Lipinski definition) is 4. The third kappa shape index (κ3) is 13.8. The smallest absolute Gasteiger partial charge is 0.115 e. The molecule has 8 rings (SSSR count). The van der Waals surface area contributed by atoms with Gasteiger partial charge >= 0.3 is 0 Å². The first-order chi connectivity index (χ1) is 25.4. The van der Waals surface area contributed by atoms with Crippen LogP contribution in [-0.4, -0.2) is 40.4 Å². The predicted molar refractivity (Wildman–Crippen MR) is 205 cm³/mol. The molecule has 4 N–H and O–H groups in total. The molecule has 10 heteroatoms. The molecule has 0 fully saturated rings. The molecule has 0 amide bonds. The minimum atomic E-state index is 0. The molecule has 2 radical (unpaired) electrons. The third-order valence-electron chi connectivity index (χ3n) is 7.31. The maximum absolute atomic E-state index is 9.08. The van der Waals surface area contributed by atoms with E-state index in [4.69, 9.17) is 20.4 Å². The number of pyridine rings is 4. The van der Waals surface area contributed by atoms with Crippen LogP contribution in [0.5, 0.6) is 23.0 Å². The molecule has 0 aliphatic rings. The SMILES string of the molecule is Oc1ccc(-c2ccccn2)cc1.Oc1ccc(-c2ccccn2)cc1.Oc1ccc(-c2ccccn2)cc1.Oc1ccc(-c2ccccn2)cc1.[Ir].[Ir]. The Bertz CT molecular complexity index is 1860. The van der Waals surface area contributed by atoms with Gasteiger partial charge in [-0.15, -0.1) is 0 Å². The fourth-order valence-electron chi connectivity index (χ4n) is 4.66. The van der Waals surface area contributed by atoms with E-state index in [0.717, 1.165) is 45.0 Å². The summed E-state index contributed by atoms with van der Waals surface area (Å²) in [6.07, 6.45) is 7.01. The van der Waals surface area contributed by atoms with E-state index in [0.29, 0.717) is 0 Å².